The molecule has 0 atom stereocenters. The lowest BCUT2D eigenvalue weighted by molar-refractivity contribution is 0.0700. The molecule has 2 aromatic rings. The summed E-state index contributed by atoms with van der Waals surface area (Å²) in [5.41, 5.74) is 1.55. The third-order valence-corrected chi connectivity index (χ3v) is 1.90. The van der Waals surface area contributed by atoms with Gasteiger partial charge in [-0.3, -0.25) is 0 Å². The van der Waals surface area contributed by atoms with Gasteiger partial charge in [0.1, 0.15) is 12.7 Å². The van der Waals surface area contributed by atoms with Crippen LogP contribution in [-0.2, 0) is 6.61 Å². The van der Waals surface area contributed by atoms with Crippen LogP contribution in [0.3, 0.4) is 0 Å². The van der Waals surface area contributed by atoms with Crippen molar-refractivity contribution in [1.29, 1.82) is 5.26 Å². The van der Waals surface area contributed by atoms with E-state index in [1.54, 1.807) is 6.20 Å². The molecule has 0 saturated carbocycles. The molecule has 1 aromatic heterocycles. The minimum absolute atomic E-state index is 0.438. The molecule has 0 spiro atoms. The molecule has 1 heterocycles. The normalized spacial score (nSPS) is 9.53. The smallest absolute Gasteiger partial charge is 0.142 e. The summed E-state index contributed by atoms with van der Waals surface area (Å²) in [4.78, 5) is 6.63. The highest BCUT2D eigenvalue weighted by molar-refractivity contribution is 5.21. The second-order valence-electron chi connectivity index (χ2n) is 3.00. The molecule has 0 amide bonds. The van der Waals surface area contributed by atoms with Gasteiger partial charge in [0, 0.05) is 0 Å². The fourth-order valence-electron chi connectivity index (χ4n) is 1.15. The number of aromatic nitrogens is 2. The summed E-state index contributed by atoms with van der Waals surface area (Å²) in [6.45, 7) is 0.438. The fraction of sp³-hybridized carbons (Fsp3) is 0.0909. The Labute approximate surface area is 87.3 Å². The van der Waals surface area contributed by atoms with E-state index in [4.69, 9.17) is 10.1 Å². The summed E-state index contributed by atoms with van der Waals surface area (Å²) in [5, 5.41) is 12.5. The van der Waals surface area contributed by atoms with Crippen molar-refractivity contribution in [3.63, 3.8) is 0 Å². The topological polar surface area (TPSA) is 50.8 Å². The van der Waals surface area contributed by atoms with Crippen LogP contribution in [0.2, 0.25) is 0 Å². The molecule has 0 saturated heterocycles. The lowest BCUT2D eigenvalue weighted by Crippen LogP contribution is -2.11. The van der Waals surface area contributed by atoms with E-state index >= 15 is 0 Å². The molecule has 0 aliphatic carbocycles. The van der Waals surface area contributed by atoms with Gasteiger partial charge in [-0.05, 0) is 5.56 Å². The van der Waals surface area contributed by atoms with Crippen LogP contribution in [-0.4, -0.2) is 9.94 Å². The molecular formula is C11H9N3O. The van der Waals surface area contributed by atoms with Crippen molar-refractivity contribution in [3.8, 4) is 6.07 Å². The third kappa shape index (κ3) is 2.35. The van der Waals surface area contributed by atoms with Crippen LogP contribution in [0.4, 0.5) is 0 Å². The van der Waals surface area contributed by atoms with Crippen LogP contribution in [0.15, 0.2) is 42.7 Å². The van der Waals surface area contributed by atoms with E-state index in [9.17, 15) is 0 Å². The van der Waals surface area contributed by atoms with Crippen LogP contribution in [0.1, 0.15) is 11.1 Å². The lowest BCUT2D eigenvalue weighted by Gasteiger charge is -2.03. The van der Waals surface area contributed by atoms with Crippen LogP contribution < -0.4 is 4.84 Å². The highest BCUT2D eigenvalue weighted by Crippen LogP contribution is 1.99. The Balaban J connectivity index is 1.97. The van der Waals surface area contributed by atoms with E-state index in [0.29, 0.717) is 12.2 Å². The van der Waals surface area contributed by atoms with Gasteiger partial charge in [-0.2, -0.15) is 5.26 Å². The minimum atomic E-state index is 0.438. The van der Waals surface area contributed by atoms with E-state index < -0.39 is 0 Å². The summed E-state index contributed by atoms with van der Waals surface area (Å²) in [7, 11) is 0. The van der Waals surface area contributed by atoms with E-state index in [-0.39, 0.29) is 0 Å². The molecule has 0 N–H and O–H groups in total. The van der Waals surface area contributed by atoms with Gasteiger partial charge in [0.2, 0.25) is 0 Å². The Hall–Kier alpha value is -2.28. The number of benzene rings is 1. The first-order valence-corrected chi connectivity index (χ1v) is 4.50. The van der Waals surface area contributed by atoms with Gasteiger partial charge in [-0.15, -0.1) is 9.94 Å². The molecule has 0 fully saturated rings. The summed E-state index contributed by atoms with van der Waals surface area (Å²) in [5.74, 6) is 0. The van der Waals surface area contributed by atoms with Gasteiger partial charge < -0.3 is 4.84 Å². The second kappa shape index (κ2) is 4.29. The molecule has 1 aromatic carbocycles. The highest BCUT2D eigenvalue weighted by atomic mass is 16.7. The first-order valence-electron chi connectivity index (χ1n) is 4.50. The summed E-state index contributed by atoms with van der Waals surface area (Å²) in [6.07, 6.45) is 3.01. The average molecular weight is 199 g/mol. The van der Waals surface area contributed by atoms with Crippen molar-refractivity contribution in [1.82, 2.24) is 9.94 Å². The zero-order chi connectivity index (χ0) is 10.5. The van der Waals surface area contributed by atoms with Crippen LogP contribution in [0.5, 0.6) is 0 Å². The highest BCUT2D eigenvalue weighted by Gasteiger charge is 1.97. The van der Waals surface area contributed by atoms with E-state index in [1.165, 1.54) is 11.0 Å². The Bertz CT molecular complexity index is 470. The lowest BCUT2D eigenvalue weighted by atomic mass is 10.2. The molecule has 15 heavy (non-hydrogen) atoms. The quantitative estimate of drug-likeness (QED) is 0.750. The molecule has 0 aliphatic heterocycles. The average Bonchev–Trinajstić information content (AvgIpc) is 2.76. The van der Waals surface area contributed by atoms with Crippen molar-refractivity contribution in [2.45, 2.75) is 6.61 Å². The number of nitrogens with zero attached hydrogens (tertiary/aromatic N) is 3. The van der Waals surface area contributed by atoms with E-state index in [0.717, 1.165) is 5.56 Å². The van der Waals surface area contributed by atoms with Crippen LogP contribution in [0, 0.1) is 11.3 Å². The zero-order valence-corrected chi connectivity index (χ0v) is 8.00. The van der Waals surface area contributed by atoms with Gasteiger partial charge in [0.25, 0.3) is 0 Å². The standard InChI is InChI=1S/C11H9N3O/c12-6-11-7-13-14(8-11)15-9-10-4-2-1-3-5-10/h1-5,7-8H,9H2. The molecule has 4 nitrogen and oxygen atoms in total. The third-order valence-electron chi connectivity index (χ3n) is 1.90. The largest absolute Gasteiger partial charge is 0.392 e. The molecular weight excluding hydrogens is 190 g/mol. The molecule has 2 rings (SSSR count). The summed E-state index contributed by atoms with van der Waals surface area (Å²) >= 11 is 0. The maximum absolute atomic E-state index is 8.58. The van der Waals surface area contributed by atoms with Crippen molar-refractivity contribution >= 4 is 0 Å². The first-order chi connectivity index (χ1) is 7.38. The molecule has 4 heteroatoms. The maximum Gasteiger partial charge on any atom is 0.142 e. The molecule has 0 bridgehead atoms. The Morgan fingerprint density at radius 2 is 2.13 bits per heavy atom. The molecule has 74 valence electrons. The van der Waals surface area contributed by atoms with Gasteiger partial charge in [-0.1, -0.05) is 30.3 Å². The summed E-state index contributed by atoms with van der Waals surface area (Å²) < 4.78 is 0. The van der Waals surface area contributed by atoms with Crippen molar-refractivity contribution < 1.29 is 4.84 Å². The number of rotatable bonds is 3. The molecule has 0 aliphatic rings. The predicted octanol–water partition coefficient (Wildman–Crippen LogP) is 1.38. The molecule has 0 unspecified atom stereocenters. The van der Waals surface area contributed by atoms with Crippen molar-refractivity contribution in [2.75, 3.05) is 0 Å². The van der Waals surface area contributed by atoms with Gasteiger partial charge in [0.15, 0.2) is 0 Å². The van der Waals surface area contributed by atoms with Crippen molar-refractivity contribution in [3.05, 3.63) is 53.9 Å². The number of nitriles is 1. The Kier molecular flexibility index (Phi) is 2.65. The SMILES string of the molecule is N#Cc1cnn(OCc2ccccc2)c1. The second-order valence-corrected chi connectivity index (χ2v) is 3.00. The molecule has 0 radical (unpaired) electrons. The predicted molar refractivity (Wildman–Crippen MR) is 53.7 cm³/mol. The Morgan fingerprint density at radius 3 is 2.80 bits per heavy atom. The van der Waals surface area contributed by atoms with Gasteiger partial charge >= 0.3 is 0 Å². The van der Waals surface area contributed by atoms with E-state index in [1.807, 2.05) is 36.4 Å². The first kappa shape index (κ1) is 9.28. The maximum atomic E-state index is 8.58. The number of hydrogen-bond donors (Lipinski definition) is 0. The Morgan fingerprint density at radius 1 is 1.33 bits per heavy atom. The van der Waals surface area contributed by atoms with Crippen LogP contribution >= 0.6 is 0 Å². The van der Waals surface area contributed by atoms with Crippen molar-refractivity contribution in [2.24, 2.45) is 0 Å². The van der Waals surface area contributed by atoms with E-state index in [2.05, 4.69) is 5.10 Å². The van der Waals surface area contributed by atoms with Gasteiger partial charge in [-0.25, -0.2) is 0 Å². The van der Waals surface area contributed by atoms with Crippen LogP contribution in [0.25, 0.3) is 0 Å². The van der Waals surface area contributed by atoms with Gasteiger partial charge in [0.05, 0.1) is 18.0 Å². The number of hydrogen-bond acceptors (Lipinski definition) is 3. The fourth-order valence-corrected chi connectivity index (χ4v) is 1.15. The monoisotopic (exact) mass is 199 g/mol. The zero-order valence-electron chi connectivity index (χ0n) is 8.00. The minimum Gasteiger partial charge on any atom is -0.392 e. The summed E-state index contributed by atoms with van der Waals surface area (Å²) in [6, 6.07) is 11.8.